The molecule has 1 unspecified atom stereocenters. The number of nitrogens with zero attached hydrogens (tertiary/aromatic N) is 1. The van der Waals surface area contributed by atoms with Crippen LogP contribution in [0.15, 0.2) is 59.5 Å². The molecule has 0 radical (unpaired) electrons. The van der Waals surface area contributed by atoms with E-state index in [9.17, 15) is 9.59 Å². The van der Waals surface area contributed by atoms with Gasteiger partial charge in [0.15, 0.2) is 6.61 Å². The van der Waals surface area contributed by atoms with Crippen LogP contribution >= 0.6 is 11.8 Å². The predicted octanol–water partition coefficient (Wildman–Crippen LogP) is 5.28. The summed E-state index contributed by atoms with van der Waals surface area (Å²) in [5.74, 6) is -0.566. The Morgan fingerprint density at radius 2 is 1.80 bits per heavy atom. The van der Waals surface area contributed by atoms with Crippen molar-refractivity contribution in [2.45, 2.75) is 37.8 Å². The van der Waals surface area contributed by atoms with E-state index in [1.807, 2.05) is 57.2 Å². The fraction of sp³-hybridized carbons (Fsp3) is 0.333. The summed E-state index contributed by atoms with van der Waals surface area (Å²) in [5, 5.41) is 9.22. The van der Waals surface area contributed by atoms with Crippen molar-refractivity contribution in [2.75, 3.05) is 19.7 Å². The molecule has 0 aliphatic heterocycles. The summed E-state index contributed by atoms with van der Waals surface area (Å²) in [4.78, 5) is 26.0. The summed E-state index contributed by atoms with van der Waals surface area (Å²) in [6.45, 7) is 8.75. The van der Waals surface area contributed by atoms with Crippen molar-refractivity contribution in [3.63, 3.8) is 0 Å². The molecule has 0 aromatic heterocycles. The highest BCUT2D eigenvalue weighted by Crippen LogP contribution is 2.40. The molecule has 0 fully saturated rings. The van der Waals surface area contributed by atoms with Gasteiger partial charge in [0.25, 0.3) is 0 Å². The van der Waals surface area contributed by atoms with Gasteiger partial charge in [0.2, 0.25) is 5.91 Å². The zero-order chi connectivity index (χ0) is 22.1. The second-order valence-electron chi connectivity index (χ2n) is 6.85. The standard InChI is InChI=1S/C24H29NO4S/c1-5-25(6-2)23(26)14-17(3)20-12-13-22(21(15-20)29-16-24(27)28)30-18(4)19-10-8-7-9-11-19/h7-15,18H,5-6,16H2,1-4H3,(H,27,28)/b17-14+. The first-order valence-electron chi connectivity index (χ1n) is 10.0. The van der Waals surface area contributed by atoms with Gasteiger partial charge < -0.3 is 14.7 Å². The summed E-state index contributed by atoms with van der Waals surface area (Å²) in [7, 11) is 0. The third-order valence-corrected chi connectivity index (χ3v) is 5.95. The van der Waals surface area contributed by atoms with E-state index in [4.69, 9.17) is 9.84 Å². The van der Waals surface area contributed by atoms with Crippen LogP contribution < -0.4 is 4.74 Å². The lowest BCUT2D eigenvalue weighted by atomic mass is 10.1. The van der Waals surface area contributed by atoms with Crippen molar-refractivity contribution < 1.29 is 19.4 Å². The molecule has 0 aliphatic carbocycles. The minimum absolute atomic E-state index is 0.0401. The Morgan fingerprint density at radius 3 is 2.40 bits per heavy atom. The van der Waals surface area contributed by atoms with Crippen molar-refractivity contribution in [1.82, 2.24) is 4.90 Å². The van der Waals surface area contributed by atoms with E-state index < -0.39 is 12.6 Å². The van der Waals surface area contributed by atoms with Crippen LogP contribution in [0.3, 0.4) is 0 Å². The van der Waals surface area contributed by atoms with E-state index in [-0.39, 0.29) is 11.2 Å². The number of amides is 1. The molecule has 1 atom stereocenters. The molecule has 160 valence electrons. The Morgan fingerprint density at radius 1 is 1.13 bits per heavy atom. The maximum Gasteiger partial charge on any atom is 0.341 e. The maximum atomic E-state index is 12.4. The molecule has 0 aliphatic rings. The zero-order valence-electron chi connectivity index (χ0n) is 17.9. The van der Waals surface area contributed by atoms with Crippen LogP contribution in [0.1, 0.15) is 44.1 Å². The Hall–Kier alpha value is -2.73. The Bertz CT molecular complexity index is 891. The number of carboxylic acid groups (broad SMARTS) is 1. The zero-order valence-corrected chi connectivity index (χ0v) is 18.7. The van der Waals surface area contributed by atoms with E-state index in [1.165, 1.54) is 5.56 Å². The van der Waals surface area contributed by atoms with E-state index in [0.29, 0.717) is 18.8 Å². The number of likely N-dealkylation sites (N-methyl/N-ethyl adjacent to an activating group) is 1. The molecule has 2 rings (SSSR count). The number of rotatable bonds is 10. The Labute approximate surface area is 182 Å². The monoisotopic (exact) mass is 427 g/mol. The highest BCUT2D eigenvalue weighted by Gasteiger charge is 2.15. The molecule has 30 heavy (non-hydrogen) atoms. The van der Waals surface area contributed by atoms with Gasteiger partial charge in [0.1, 0.15) is 5.75 Å². The first-order chi connectivity index (χ1) is 14.3. The van der Waals surface area contributed by atoms with Crippen LogP contribution in [0.2, 0.25) is 0 Å². The molecule has 1 amide bonds. The minimum atomic E-state index is -1.03. The van der Waals surface area contributed by atoms with Gasteiger partial charge in [0.05, 0.1) is 4.90 Å². The minimum Gasteiger partial charge on any atom is -0.481 e. The molecule has 0 heterocycles. The SMILES string of the molecule is CCN(CC)C(=O)/C=C(\C)c1ccc(SC(C)c2ccccc2)c(OCC(=O)O)c1. The van der Waals surface area contributed by atoms with Crippen LogP contribution in [0.5, 0.6) is 5.75 Å². The fourth-order valence-electron chi connectivity index (χ4n) is 2.98. The van der Waals surface area contributed by atoms with Crippen LogP contribution in [-0.4, -0.2) is 41.6 Å². The van der Waals surface area contributed by atoms with Gasteiger partial charge in [-0.2, -0.15) is 0 Å². The van der Waals surface area contributed by atoms with Gasteiger partial charge >= 0.3 is 5.97 Å². The highest BCUT2D eigenvalue weighted by atomic mass is 32.2. The van der Waals surface area contributed by atoms with Crippen molar-refractivity contribution in [3.8, 4) is 5.75 Å². The van der Waals surface area contributed by atoms with Crippen molar-refractivity contribution in [1.29, 1.82) is 0 Å². The average Bonchev–Trinajstić information content (AvgIpc) is 2.74. The molecular weight excluding hydrogens is 398 g/mol. The first-order valence-corrected chi connectivity index (χ1v) is 10.9. The second-order valence-corrected chi connectivity index (χ2v) is 8.24. The normalized spacial score (nSPS) is 12.3. The number of hydrogen-bond acceptors (Lipinski definition) is 4. The number of carbonyl (C=O) groups excluding carboxylic acids is 1. The predicted molar refractivity (Wildman–Crippen MR) is 122 cm³/mol. The first kappa shape index (κ1) is 23.5. The van der Waals surface area contributed by atoms with E-state index >= 15 is 0 Å². The Kier molecular flexibility index (Phi) is 8.99. The van der Waals surface area contributed by atoms with Gasteiger partial charge in [0, 0.05) is 24.4 Å². The molecule has 0 saturated carbocycles. The number of carboxylic acids is 1. The van der Waals surface area contributed by atoms with Crippen LogP contribution in [-0.2, 0) is 9.59 Å². The average molecular weight is 428 g/mol. The fourth-order valence-corrected chi connectivity index (χ4v) is 4.04. The van der Waals surface area contributed by atoms with E-state index in [0.717, 1.165) is 16.0 Å². The number of allylic oxidation sites excluding steroid dienone is 1. The van der Waals surface area contributed by atoms with Gasteiger partial charge in [-0.15, -0.1) is 11.8 Å². The largest absolute Gasteiger partial charge is 0.481 e. The number of thioether (sulfide) groups is 1. The lowest BCUT2D eigenvalue weighted by molar-refractivity contribution is -0.139. The third kappa shape index (κ3) is 6.66. The van der Waals surface area contributed by atoms with E-state index in [2.05, 4.69) is 19.1 Å². The summed E-state index contributed by atoms with van der Waals surface area (Å²) < 4.78 is 5.58. The van der Waals surface area contributed by atoms with Gasteiger partial charge in [-0.1, -0.05) is 36.4 Å². The van der Waals surface area contributed by atoms with Crippen molar-refractivity contribution in [3.05, 3.63) is 65.7 Å². The van der Waals surface area contributed by atoms with Crippen molar-refractivity contribution >= 4 is 29.2 Å². The number of hydrogen-bond donors (Lipinski definition) is 1. The van der Waals surface area contributed by atoms with Crippen LogP contribution in [0.4, 0.5) is 0 Å². The number of carbonyl (C=O) groups is 2. The Balaban J connectivity index is 2.30. The maximum absolute atomic E-state index is 12.4. The highest BCUT2D eigenvalue weighted by molar-refractivity contribution is 7.99. The molecule has 2 aromatic rings. The molecule has 0 saturated heterocycles. The molecule has 5 nitrogen and oxygen atoms in total. The number of ether oxygens (including phenoxy) is 1. The van der Waals surface area contributed by atoms with Gasteiger partial charge in [-0.3, -0.25) is 4.79 Å². The third-order valence-electron chi connectivity index (χ3n) is 4.74. The molecule has 2 aromatic carbocycles. The molecular formula is C24H29NO4S. The van der Waals surface area contributed by atoms with Crippen LogP contribution in [0.25, 0.3) is 5.57 Å². The van der Waals surface area contributed by atoms with Gasteiger partial charge in [-0.25, -0.2) is 4.79 Å². The van der Waals surface area contributed by atoms with Crippen molar-refractivity contribution in [2.24, 2.45) is 0 Å². The van der Waals surface area contributed by atoms with E-state index in [1.54, 1.807) is 22.7 Å². The molecule has 0 spiro atoms. The molecule has 6 heteroatoms. The second kappa shape index (κ2) is 11.5. The number of benzene rings is 2. The summed E-state index contributed by atoms with van der Waals surface area (Å²) in [6.07, 6.45) is 1.61. The lowest BCUT2D eigenvalue weighted by Crippen LogP contribution is -2.28. The summed E-state index contributed by atoms with van der Waals surface area (Å²) >= 11 is 1.61. The lowest BCUT2D eigenvalue weighted by Gasteiger charge is -2.18. The molecule has 1 N–H and O–H groups in total. The van der Waals surface area contributed by atoms with Gasteiger partial charge in [-0.05, 0) is 56.5 Å². The summed E-state index contributed by atoms with van der Waals surface area (Å²) in [6, 6.07) is 15.8. The van der Waals surface area contributed by atoms with Crippen LogP contribution in [0, 0.1) is 0 Å². The topological polar surface area (TPSA) is 66.8 Å². The quantitative estimate of drug-likeness (QED) is 0.413. The smallest absolute Gasteiger partial charge is 0.341 e. The molecule has 0 bridgehead atoms. The number of aliphatic carboxylic acids is 1. The summed E-state index contributed by atoms with van der Waals surface area (Å²) in [5.41, 5.74) is 2.81.